The average molecular weight is 305 g/mol. The lowest BCUT2D eigenvalue weighted by atomic mass is 10.0. The van der Waals surface area contributed by atoms with Crippen molar-refractivity contribution in [1.29, 1.82) is 0 Å². The molecule has 3 aliphatic heterocycles. The van der Waals surface area contributed by atoms with Crippen LogP contribution in [-0.2, 0) is 27.5 Å². The Morgan fingerprint density at radius 1 is 1.57 bits per heavy atom. The molecule has 8 heteroatoms. The van der Waals surface area contributed by atoms with Gasteiger partial charge in [-0.05, 0) is 6.08 Å². The molecule has 0 aliphatic carbocycles. The Labute approximate surface area is 123 Å². The molecule has 3 aliphatic rings. The SMILES string of the molecule is O=C(O)C1=CS[C@@H]2C(=Cc3cn4c(n3)COCC4)C(=O)N12. The van der Waals surface area contributed by atoms with E-state index in [1.807, 2.05) is 10.8 Å². The van der Waals surface area contributed by atoms with Gasteiger partial charge in [0.1, 0.15) is 23.5 Å². The van der Waals surface area contributed by atoms with E-state index in [-0.39, 0.29) is 17.0 Å². The lowest BCUT2D eigenvalue weighted by molar-refractivity contribution is -0.141. The average Bonchev–Trinajstić information content (AvgIpc) is 3.05. The highest BCUT2D eigenvalue weighted by atomic mass is 32.2. The van der Waals surface area contributed by atoms with E-state index in [1.54, 1.807) is 6.08 Å². The second kappa shape index (κ2) is 4.47. The summed E-state index contributed by atoms with van der Waals surface area (Å²) in [4.78, 5) is 28.8. The molecule has 1 N–H and O–H groups in total. The number of imidazole rings is 1. The number of carboxylic acids is 1. The van der Waals surface area contributed by atoms with Crippen LogP contribution in [0.15, 0.2) is 22.9 Å². The minimum Gasteiger partial charge on any atom is -0.477 e. The van der Waals surface area contributed by atoms with Crippen LogP contribution in [0.1, 0.15) is 11.5 Å². The molecule has 1 aromatic rings. The number of β-lactam (4-membered cyclic amide) rings is 1. The monoisotopic (exact) mass is 305 g/mol. The molecular weight excluding hydrogens is 294 g/mol. The molecule has 1 amide bonds. The summed E-state index contributed by atoms with van der Waals surface area (Å²) in [5.74, 6) is -0.493. The molecule has 108 valence electrons. The molecule has 1 atom stereocenters. The molecule has 0 spiro atoms. The molecular formula is C13H11N3O4S. The number of rotatable bonds is 2. The lowest BCUT2D eigenvalue weighted by Gasteiger charge is -2.36. The number of fused-ring (bicyclic) bond motifs is 2. The Bertz CT molecular complexity index is 697. The number of aromatic nitrogens is 2. The van der Waals surface area contributed by atoms with Gasteiger partial charge in [0.25, 0.3) is 5.91 Å². The minimum atomic E-state index is -1.08. The number of carbonyl (C=O) groups is 2. The molecule has 21 heavy (non-hydrogen) atoms. The molecule has 0 radical (unpaired) electrons. The Hall–Kier alpha value is -2.06. The van der Waals surface area contributed by atoms with Gasteiger partial charge in [0, 0.05) is 18.1 Å². The molecule has 1 saturated heterocycles. The van der Waals surface area contributed by atoms with Crippen molar-refractivity contribution in [2.45, 2.75) is 18.5 Å². The number of nitrogens with zero attached hydrogens (tertiary/aromatic N) is 3. The summed E-state index contributed by atoms with van der Waals surface area (Å²) in [6, 6.07) is 0. The Kier molecular flexibility index (Phi) is 2.69. The van der Waals surface area contributed by atoms with Crippen LogP contribution in [0.5, 0.6) is 0 Å². The van der Waals surface area contributed by atoms with Gasteiger partial charge in [-0.15, -0.1) is 11.8 Å². The molecule has 7 nitrogen and oxygen atoms in total. The fraction of sp³-hybridized carbons (Fsp3) is 0.308. The summed E-state index contributed by atoms with van der Waals surface area (Å²) in [7, 11) is 0. The molecule has 4 heterocycles. The predicted octanol–water partition coefficient (Wildman–Crippen LogP) is 0.638. The van der Waals surface area contributed by atoms with E-state index in [9.17, 15) is 9.59 Å². The number of thioether (sulfide) groups is 1. The first kappa shape index (κ1) is 12.7. The molecule has 0 unspecified atom stereocenters. The van der Waals surface area contributed by atoms with Crippen LogP contribution in [0, 0.1) is 0 Å². The van der Waals surface area contributed by atoms with Crippen LogP contribution in [0.3, 0.4) is 0 Å². The number of hydrogen-bond acceptors (Lipinski definition) is 5. The van der Waals surface area contributed by atoms with Gasteiger partial charge in [-0.25, -0.2) is 9.78 Å². The van der Waals surface area contributed by atoms with Crippen LogP contribution in [0.2, 0.25) is 0 Å². The summed E-state index contributed by atoms with van der Waals surface area (Å²) < 4.78 is 7.34. The Morgan fingerprint density at radius 2 is 2.43 bits per heavy atom. The molecule has 1 aromatic heterocycles. The number of amides is 1. The number of hydrogen-bond donors (Lipinski definition) is 1. The van der Waals surface area contributed by atoms with E-state index < -0.39 is 5.97 Å². The van der Waals surface area contributed by atoms with Crippen molar-refractivity contribution in [1.82, 2.24) is 14.5 Å². The van der Waals surface area contributed by atoms with Gasteiger partial charge in [-0.3, -0.25) is 9.69 Å². The predicted molar refractivity (Wildman–Crippen MR) is 73.8 cm³/mol. The highest BCUT2D eigenvalue weighted by molar-refractivity contribution is 8.03. The minimum absolute atomic E-state index is 0.0460. The summed E-state index contributed by atoms with van der Waals surface area (Å²) in [6.45, 7) is 1.90. The van der Waals surface area contributed by atoms with Gasteiger partial charge >= 0.3 is 5.97 Å². The van der Waals surface area contributed by atoms with Crippen molar-refractivity contribution in [2.75, 3.05) is 6.61 Å². The van der Waals surface area contributed by atoms with Crippen molar-refractivity contribution in [3.8, 4) is 0 Å². The fourth-order valence-electron chi connectivity index (χ4n) is 2.61. The van der Waals surface area contributed by atoms with Gasteiger partial charge in [0.2, 0.25) is 0 Å². The normalized spacial score (nSPS) is 25.4. The first-order valence-electron chi connectivity index (χ1n) is 6.43. The molecule has 1 fully saturated rings. The summed E-state index contributed by atoms with van der Waals surface area (Å²) in [5.41, 5.74) is 1.34. The number of carboxylic acid groups (broad SMARTS) is 1. The van der Waals surface area contributed by atoms with E-state index in [4.69, 9.17) is 9.84 Å². The van der Waals surface area contributed by atoms with Crippen LogP contribution in [-0.4, -0.2) is 43.4 Å². The van der Waals surface area contributed by atoms with E-state index >= 15 is 0 Å². The summed E-state index contributed by atoms with van der Waals surface area (Å²) in [5, 5.41) is 10.3. The molecule has 4 rings (SSSR count). The highest BCUT2D eigenvalue weighted by Crippen LogP contribution is 2.44. The maximum absolute atomic E-state index is 12.1. The van der Waals surface area contributed by atoms with Gasteiger partial charge < -0.3 is 14.4 Å². The maximum Gasteiger partial charge on any atom is 0.353 e. The quantitative estimate of drug-likeness (QED) is 0.637. The van der Waals surface area contributed by atoms with Crippen LogP contribution < -0.4 is 0 Å². The van der Waals surface area contributed by atoms with E-state index in [0.29, 0.717) is 24.5 Å². The number of carbonyl (C=O) groups excluding carboxylic acids is 1. The fourth-order valence-corrected chi connectivity index (χ4v) is 3.73. The van der Waals surface area contributed by atoms with Crippen molar-refractivity contribution < 1.29 is 19.4 Å². The number of aliphatic carboxylic acids is 1. The number of ether oxygens (including phenoxy) is 1. The second-order valence-electron chi connectivity index (χ2n) is 4.90. The topological polar surface area (TPSA) is 84.7 Å². The van der Waals surface area contributed by atoms with Crippen LogP contribution >= 0.6 is 11.8 Å². The molecule has 0 aromatic carbocycles. The standard InChI is InChI=1S/C13H11N3O4S/c17-11-8(12-16(11)9(6-21-12)13(18)19)3-7-4-15-1-2-20-5-10(15)14-7/h3-4,6,12H,1-2,5H2,(H,18,19)/t12-/m1/s1. The zero-order valence-electron chi connectivity index (χ0n) is 10.9. The largest absolute Gasteiger partial charge is 0.477 e. The van der Waals surface area contributed by atoms with E-state index in [1.165, 1.54) is 22.1 Å². The van der Waals surface area contributed by atoms with E-state index in [2.05, 4.69) is 4.98 Å². The van der Waals surface area contributed by atoms with E-state index in [0.717, 1.165) is 12.4 Å². The van der Waals surface area contributed by atoms with Crippen molar-refractivity contribution >= 4 is 29.7 Å². The third-order valence-electron chi connectivity index (χ3n) is 3.64. The van der Waals surface area contributed by atoms with Gasteiger partial charge in [0.15, 0.2) is 0 Å². The van der Waals surface area contributed by atoms with Crippen LogP contribution in [0.4, 0.5) is 0 Å². The zero-order valence-corrected chi connectivity index (χ0v) is 11.7. The summed E-state index contributed by atoms with van der Waals surface area (Å²) in [6.07, 6.45) is 3.63. The Morgan fingerprint density at radius 3 is 3.19 bits per heavy atom. The molecule has 0 bridgehead atoms. The lowest BCUT2D eigenvalue weighted by Crippen LogP contribution is -2.51. The highest BCUT2D eigenvalue weighted by Gasteiger charge is 2.49. The van der Waals surface area contributed by atoms with Crippen LogP contribution in [0.25, 0.3) is 6.08 Å². The van der Waals surface area contributed by atoms with Crippen molar-refractivity contribution in [2.24, 2.45) is 0 Å². The van der Waals surface area contributed by atoms with Gasteiger partial charge in [0.05, 0.1) is 17.9 Å². The van der Waals surface area contributed by atoms with Crippen molar-refractivity contribution in [3.63, 3.8) is 0 Å². The maximum atomic E-state index is 12.1. The summed E-state index contributed by atoms with van der Waals surface area (Å²) >= 11 is 1.33. The van der Waals surface area contributed by atoms with Crippen molar-refractivity contribution in [3.05, 3.63) is 34.4 Å². The third kappa shape index (κ3) is 1.83. The third-order valence-corrected chi connectivity index (χ3v) is 4.72. The first-order chi connectivity index (χ1) is 10.1. The zero-order chi connectivity index (χ0) is 14.6. The van der Waals surface area contributed by atoms with Gasteiger partial charge in [-0.2, -0.15) is 0 Å². The first-order valence-corrected chi connectivity index (χ1v) is 7.37. The smallest absolute Gasteiger partial charge is 0.353 e. The second-order valence-corrected chi connectivity index (χ2v) is 5.85. The Balaban J connectivity index is 1.60. The van der Waals surface area contributed by atoms with Gasteiger partial charge in [-0.1, -0.05) is 0 Å². The molecule has 0 saturated carbocycles.